The Hall–Kier alpha value is -1.35. The quantitative estimate of drug-likeness (QED) is 0.734. The predicted octanol–water partition coefficient (Wildman–Crippen LogP) is 2.45. The van der Waals surface area contributed by atoms with Gasteiger partial charge in [0.25, 0.3) is 0 Å². The maximum Gasteiger partial charge on any atom is 0.191 e. The third-order valence-corrected chi connectivity index (χ3v) is 2.83. The second kappa shape index (κ2) is 5.12. The molecule has 1 aromatic rings. The van der Waals surface area contributed by atoms with Crippen LogP contribution in [0.2, 0.25) is 0 Å². The minimum absolute atomic E-state index is 0.0681. The monoisotopic (exact) mass is 220 g/mol. The average Bonchev–Trinajstić information content (AvgIpc) is 2.39. The second-order valence-electron chi connectivity index (χ2n) is 3.95. The van der Waals surface area contributed by atoms with Crippen molar-refractivity contribution in [3.05, 3.63) is 29.8 Å². The van der Waals surface area contributed by atoms with E-state index in [9.17, 15) is 4.79 Å². The molecule has 2 rings (SSSR count). The number of hydrogen-bond donors (Lipinski definition) is 0. The topological polar surface area (TPSA) is 35.5 Å². The number of ether oxygens (including phenoxy) is 2. The summed E-state index contributed by atoms with van der Waals surface area (Å²) in [6.45, 7) is 0.695. The molecule has 0 N–H and O–H groups in total. The number of rotatable bonds is 3. The van der Waals surface area contributed by atoms with Crippen molar-refractivity contribution in [1.82, 2.24) is 0 Å². The zero-order chi connectivity index (χ0) is 11.4. The van der Waals surface area contributed by atoms with Gasteiger partial charge in [0.05, 0.1) is 7.11 Å². The molecule has 1 unspecified atom stereocenters. The van der Waals surface area contributed by atoms with Gasteiger partial charge in [-0.25, -0.2) is 0 Å². The Kier molecular flexibility index (Phi) is 3.57. The molecule has 1 aromatic carbocycles. The maximum atomic E-state index is 12.1. The molecular formula is C13H16O3. The van der Waals surface area contributed by atoms with Gasteiger partial charge in [0, 0.05) is 12.2 Å². The lowest BCUT2D eigenvalue weighted by Gasteiger charge is -2.21. The summed E-state index contributed by atoms with van der Waals surface area (Å²) < 4.78 is 10.6. The van der Waals surface area contributed by atoms with E-state index in [-0.39, 0.29) is 11.9 Å². The van der Waals surface area contributed by atoms with Gasteiger partial charge < -0.3 is 9.47 Å². The van der Waals surface area contributed by atoms with Gasteiger partial charge in [0.15, 0.2) is 5.78 Å². The van der Waals surface area contributed by atoms with Crippen molar-refractivity contribution in [3.8, 4) is 5.75 Å². The first-order valence-corrected chi connectivity index (χ1v) is 5.61. The van der Waals surface area contributed by atoms with Crippen molar-refractivity contribution in [2.75, 3.05) is 13.7 Å². The summed E-state index contributed by atoms with van der Waals surface area (Å²) >= 11 is 0. The van der Waals surface area contributed by atoms with E-state index in [1.165, 1.54) is 0 Å². The first-order valence-electron chi connectivity index (χ1n) is 5.61. The van der Waals surface area contributed by atoms with Gasteiger partial charge in [0.1, 0.15) is 11.9 Å². The molecule has 1 fully saturated rings. The number of carbonyl (C=O) groups excluding carboxylic acids is 1. The van der Waals surface area contributed by atoms with E-state index in [2.05, 4.69) is 0 Å². The van der Waals surface area contributed by atoms with Crippen LogP contribution < -0.4 is 4.74 Å². The Bertz CT molecular complexity index is 367. The lowest BCUT2D eigenvalue weighted by molar-refractivity contribution is 0.0186. The molecule has 1 aliphatic rings. The molecule has 1 aliphatic heterocycles. The Labute approximate surface area is 95.4 Å². The molecule has 1 heterocycles. The van der Waals surface area contributed by atoms with Gasteiger partial charge in [-0.15, -0.1) is 0 Å². The molecule has 1 atom stereocenters. The Morgan fingerprint density at radius 1 is 1.44 bits per heavy atom. The number of carbonyl (C=O) groups is 1. The Balaban J connectivity index is 2.12. The van der Waals surface area contributed by atoms with E-state index in [4.69, 9.17) is 9.47 Å². The van der Waals surface area contributed by atoms with Crippen LogP contribution in [0.4, 0.5) is 0 Å². The number of Topliss-reactive ketones (excluding diaryl/α,β-unsaturated/α-hetero) is 1. The van der Waals surface area contributed by atoms with E-state index < -0.39 is 0 Å². The molecule has 1 saturated heterocycles. The smallest absolute Gasteiger partial charge is 0.191 e. The van der Waals surface area contributed by atoms with Gasteiger partial charge in [-0.3, -0.25) is 4.79 Å². The normalized spacial score (nSPS) is 20.4. The lowest BCUT2D eigenvalue weighted by atomic mass is 10.00. The van der Waals surface area contributed by atoms with Crippen molar-refractivity contribution < 1.29 is 14.3 Å². The summed E-state index contributed by atoms with van der Waals surface area (Å²) in [4.78, 5) is 12.1. The standard InChI is InChI=1S/C13H16O3/c1-15-11-6-4-5-10(9-11)13(14)12-7-2-3-8-16-12/h4-6,9,12H,2-3,7-8H2,1H3. The molecule has 3 nitrogen and oxygen atoms in total. The molecule has 0 saturated carbocycles. The van der Waals surface area contributed by atoms with Gasteiger partial charge in [-0.2, -0.15) is 0 Å². The predicted molar refractivity (Wildman–Crippen MR) is 60.9 cm³/mol. The van der Waals surface area contributed by atoms with Crippen molar-refractivity contribution in [3.63, 3.8) is 0 Å². The molecule has 0 bridgehead atoms. The van der Waals surface area contributed by atoms with Crippen LogP contribution in [0.5, 0.6) is 5.75 Å². The van der Waals surface area contributed by atoms with E-state index in [1.807, 2.05) is 18.2 Å². The number of hydrogen-bond acceptors (Lipinski definition) is 3. The number of methoxy groups -OCH3 is 1. The van der Waals surface area contributed by atoms with Crippen LogP contribution in [0.1, 0.15) is 29.6 Å². The van der Waals surface area contributed by atoms with Crippen molar-refractivity contribution >= 4 is 5.78 Å². The highest BCUT2D eigenvalue weighted by molar-refractivity contribution is 5.99. The minimum atomic E-state index is -0.263. The summed E-state index contributed by atoms with van der Waals surface area (Å²) in [5.74, 6) is 0.778. The SMILES string of the molecule is COc1cccc(C(=O)C2CCCCO2)c1. The summed E-state index contributed by atoms with van der Waals surface area (Å²) in [7, 11) is 1.60. The lowest BCUT2D eigenvalue weighted by Crippen LogP contribution is -2.28. The van der Waals surface area contributed by atoms with Gasteiger partial charge in [-0.05, 0) is 31.4 Å². The van der Waals surface area contributed by atoms with Crippen LogP contribution in [-0.2, 0) is 4.74 Å². The summed E-state index contributed by atoms with van der Waals surface area (Å²) in [6.07, 6.45) is 2.69. The molecule has 0 aliphatic carbocycles. The van der Waals surface area contributed by atoms with Crippen LogP contribution >= 0.6 is 0 Å². The third kappa shape index (κ3) is 2.42. The van der Waals surface area contributed by atoms with Gasteiger partial charge in [-0.1, -0.05) is 12.1 Å². The van der Waals surface area contributed by atoms with Crippen LogP contribution in [0.25, 0.3) is 0 Å². The Morgan fingerprint density at radius 2 is 2.31 bits per heavy atom. The molecule has 0 radical (unpaired) electrons. The average molecular weight is 220 g/mol. The highest BCUT2D eigenvalue weighted by atomic mass is 16.5. The maximum absolute atomic E-state index is 12.1. The first-order chi connectivity index (χ1) is 7.81. The fourth-order valence-corrected chi connectivity index (χ4v) is 1.91. The highest BCUT2D eigenvalue weighted by Crippen LogP contribution is 2.20. The zero-order valence-electron chi connectivity index (χ0n) is 9.44. The molecule has 0 amide bonds. The third-order valence-electron chi connectivity index (χ3n) is 2.83. The number of ketones is 1. The second-order valence-corrected chi connectivity index (χ2v) is 3.95. The Morgan fingerprint density at radius 3 is 3.00 bits per heavy atom. The summed E-state index contributed by atoms with van der Waals surface area (Å²) in [6, 6.07) is 7.23. The molecule has 0 aromatic heterocycles. The first kappa shape index (κ1) is 11.1. The minimum Gasteiger partial charge on any atom is -0.497 e. The molecule has 0 spiro atoms. The van der Waals surface area contributed by atoms with Crippen molar-refractivity contribution in [2.45, 2.75) is 25.4 Å². The van der Waals surface area contributed by atoms with Gasteiger partial charge >= 0.3 is 0 Å². The van der Waals surface area contributed by atoms with Crippen molar-refractivity contribution in [1.29, 1.82) is 0 Å². The summed E-state index contributed by atoms with van der Waals surface area (Å²) in [5.41, 5.74) is 0.672. The van der Waals surface area contributed by atoms with Gasteiger partial charge in [0.2, 0.25) is 0 Å². The fourth-order valence-electron chi connectivity index (χ4n) is 1.91. The molecule has 86 valence electrons. The van der Waals surface area contributed by atoms with Crippen LogP contribution in [0.15, 0.2) is 24.3 Å². The molecule has 3 heteroatoms. The van der Waals surface area contributed by atoms with Crippen LogP contribution in [-0.4, -0.2) is 25.6 Å². The summed E-state index contributed by atoms with van der Waals surface area (Å²) in [5, 5.41) is 0. The van der Waals surface area contributed by atoms with E-state index in [0.717, 1.165) is 19.3 Å². The fraction of sp³-hybridized carbons (Fsp3) is 0.462. The zero-order valence-corrected chi connectivity index (χ0v) is 9.44. The van der Waals surface area contributed by atoms with Crippen LogP contribution in [0.3, 0.4) is 0 Å². The molecular weight excluding hydrogens is 204 g/mol. The van der Waals surface area contributed by atoms with Crippen LogP contribution in [0, 0.1) is 0 Å². The number of benzene rings is 1. The van der Waals surface area contributed by atoms with E-state index in [1.54, 1.807) is 13.2 Å². The largest absolute Gasteiger partial charge is 0.497 e. The highest BCUT2D eigenvalue weighted by Gasteiger charge is 2.23. The van der Waals surface area contributed by atoms with E-state index in [0.29, 0.717) is 17.9 Å². The van der Waals surface area contributed by atoms with Crippen molar-refractivity contribution in [2.24, 2.45) is 0 Å². The van der Waals surface area contributed by atoms with E-state index >= 15 is 0 Å². The molecule has 16 heavy (non-hydrogen) atoms.